The molecule has 1 aromatic carbocycles. The topological polar surface area (TPSA) is 76.0 Å². The van der Waals surface area contributed by atoms with E-state index in [-0.39, 0.29) is 17.5 Å². The number of fused-ring (bicyclic) bond motifs is 1. The first-order valence-electron chi connectivity index (χ1n) is 7.17. The van der Waals surface area contributed by atoms with Gasteiger partial charge in [0.15, 0.2) is 0 Å². The highest BCUT2D eigenvalue weighted by Crippen LogP contribution is 2.28. The van der Waals surface area contributed by atoms with Gasteiger partial charge in [-0.3, -0.25) is 14.3 Å². The molecule has 0 aliphatic heterocycles. The van der Waals surface area contributed by atoms with Gasteiger partial charge in [0.05, 0.1) is 16.3 Å². The molecule has 0 atom stereocenters. The van der Waals surface area contributed by atoms with Gasteiger partial charge in [-0.1, -0.05) is 0 Å². The fourth-order valence-electron chi connectivity index (χ4n) is 2.40. The van der Waals surface area contributed by atoms with Gasteiger partial charge in [-0.05, 0) is 31.2 Å². The second kappa shape index (κ2) is 6.04. The smallest absolute Gasteiger partial charge is 0.265 e. The number of carbonyl (C=O) groups is 2. The maximum absolute atomic E-state index is 13.6. The molecular weight excluding hydrogens is 331 g/mol. The van der Waals surface area contributed by atoms with Crippen LogP contribution in [-0.2, 0) is 11.8 Å². The number of amides is 2. The highest BCUT2D eigenvalue weighted by molar-refractivity contribution is 7.20. The maximum Gasteiger partial charge on any atom is 0.265 e. The fraction of sp³-hybridized carbons (Fsp3) is 0.188. The summed E-state index contributed by atoms with van der Waals surface area (Å²) in [7, 11) is 1.83. The molecule has 3 aromatic rings. The van der Waals surface area contributed by atoms with Crippen molar-refractivity contribution in [1.29, 1.82) is 0 Å². The number of hydrogen-bond acceptors (Lipinski definition) is 4. The minimum absolute atomic E-state index is 0.0247. The van der Waals surface area contributed by atoms with Crippen LogP contribution in [0.25, 0.3) is 10.2 Å². The molecule has 24 heavy (non-hydrogen) atoms. The summed E-state index contributed by atoms with van der Waals surface area (Å²) >= 11 is 1.33. The van der Waals surface area contributed by atoms with Crippen LogP contribution >= 0.6 is 11.3 Å². The lowest BCUT2D eigenvalue weighted by molar-refractivity contribution is -0.114. The number of carbonyl (C=O) groups excluding carboxylic acids is 2. The van der Waals surface area contributed by atoms with Gasteiger partial charge < -0.3 is 10.6 Å². The molecule has 2 N–H and O–H groups in total. The predicted octanol–water partition coefficient (Wildman–Crippen LogP) is 3.29. The van der Waals surface area contributed by atoms with Crippen molar-refractivity contribution in [2.75, 3.05) is 10.6 Å². The minimum atomic E-state index is -0.563. The Balaban J connectivity index is 1.85. The third kappa shape index (κ3) is 3.00. The lowest BCUT2D eigenvalue weighted by Crippen LogP contribution is -2.12. The van der Waals surface area contributed by atoms with E-state index in [1.807, 2.05) is 14.0 Å². The Morgan fingerprint density at radius 1 is 1.25 bits per heavy atom. The zero-order valence-corrected chi connectivity index (χ0v) is 14.1. The SMILES string of the molecule is CC(=O)Nc1cc(NC(=O)c2cc3c(C)nn(C)c3s2)ccc1F. The van der Waals surface area contributed by atoms with Gasteiger partial charge in [-0.15, -0.1) is 11.3 Å². The third-order valence-electron chi connectivity index (χ3n) is 3.45. The van der Waals surface area contributed by atoms with E-state index in [4.69, 9.17) is 0 Å². The quantitative estimate of drug-likeness (QED) is 0.764. The van der Waals surface area contributed by atoms with E-state index in [1.54, 1.807) is 10.7 Å². The number of aryl methyl sites for hydroxylation is 2. The molecule has 124 valence electrons. The van der Waals surface area contributed by atoms with Crippen molar-refractivity contribution >= 4 is 44.7 Å². The Morgan fingerprint density at radius 3 is 2.67 bits per heavy atom. The van der Waals surface area contributed by atoms with Crippen LogP contribution in [0.3, 0.4) is 0 Å². The lowest BCUT2D eigenvalue weighted by Gasteiger charge is -2.08. The second-order valence-electron chi connectivity index (χ2n) is 5.37. The number of benzene rings is 1. The maximum atomic E-state index is 13.6. The first-order valence-corrected chi connectivity index (χ1v) is 7.98. The molecule has 3 rings (SSSR count). The van der Waals surface area contributed by atoms with E-state index in [2.05, 4.69) is 15.7 Å². The van der Waals surface area contributed by atoms with E-state index < -0.39 is 5.82 Å². The molecule has 0 bridgehead atoms. The minimum Gasteiger partial charge on any atom is -0.324 e. The zero-order chi connectivity index (χ0) is 17.4. The molecule has 2 heterocycles. The zero-order valence-electron chi connectivity index (χ0n) is 13.3. The van der Waals surface area contributed by atoms with Crippen molar-refractivity contribution in [3.8, 4) is 0 Å². The number of hydrogen-bond donors (Lipinski definition) is 2. The predicted molar refractivity (Wildman–Crippen MR) is 92.0 cm³/mol. The van der Waals surface area contributed by atoms with Gasteiger partial charge in [-0.2, -0.15) is 5.10 Å². The van der Waals surface area contributed by atoms with E-state index >= 15 is 0 Å². The normalized spacial score (nSPS) is 10.8. The molecule has 0 aliphatic rings. The molecule has 0 unspecified atom stereocenters. The van der Waals surface area contributed by atoms with Crippen molar-refractivity contribution < 1.29 is 14.0 Å². The number of thiophene rings is 1. The highest BCUT2D eigenvalue weighted by Gasteiger charge is 2.16. The number of nitrogens with zero attached hydrogens (tertiary/aromatic N) is 2. The number of halogens is 1. The van der Waals surface area contributed by atoms with Crippen LogP contribution in [0, 0.1) is 12.7 Å². The molecular formula is C16H15FN4O2S. The van der Waals surface area contributed by atoms with E-state index in [0.717, 1.165) is 15.9 Å². The van der Waals surface area contributed by atoms with Gasteiger partial charge in [0.25, 0.3) is 5.91 Å². The summed E-state index contributed by atoms with van der Waals surface area (Å²) in [4.78, 5) is 24.9. The Bertz CT molecular complexity index is 926. The molecule has 2 aromatic heterocycles. The van der Waals surface area contributed by atoms with Crippen LogP contribution in [0.5, 0.6) is 0 Å². The second-order valence-corrected chi connectivity index (χ2v) is 6.40. The van der Waals surface area contributed by atoms with Crippen LogP contribution in [0.4, 0.5) is 15.8 Å². The Morgan fingerprint density at radius 2 is 2.00 bits per heavy atom. The van der Waals surface area contributed by atoms with Gasteiger partial charge in [-0.25, -0.2) is 4.39 Å². The van der Waals surface area contributed by atoms with E-state index in [9.17, 15) is 14.0 Å². The molecule has 0 spiro atoms. The Hall–Kier alpha value is -2.74. The van der Waals surface area contributed by atoms with Gasteiger partial charge >= 0.3 is 0 Å². The summed E-state index contributed by atoms with van der Waals surface area (Å²) < 4.78 is 15.4. The average Bonchev–Trinajstić information content (AvgIpc) is 3.05. The molecule has 0 saturated carbocycles. The molecule has 6 nitrogen and oxygen atoms in total. The first kappa shape index (κ1) is 16.1. The van der Waals surface area contributed by atoms with Crippen LogP contribution in [-0.4, -0.2) is 21.6 Å². The van der Waals surface area contributed by atoms with Crippen molar-refractivity contribution in [2.45, 2.75) is 13.8 Å². The first-order chi connectivity index (χ1) is 11.3. The number of rotatable bonds is 3. The number of nitrogens with one attached hydrogen (secondary N) is 2. The van der Waals surface area contributed by atoms with Gasteiger partial charge in [0, 0.05) is 25.0 Å². The number of anilines is 2. The Kier molecular flexibility index (Phi) is 4.06. The van der Waals surface area contributed by atoms with Crippen molar-refractivity contribution in [3.63, 3.8) is 0 Å². The molecule has 0 fully saturated rings. The molecule has 0 aliphatic carbocycles. The fourth-order valence-corrected chi connectivity index (χ4v) is 3.42. The summed E-state index contributed by atoms with van der Waals surface area (Å²) in [6.07, 6.45) is 0. The van der Waals surface area contributed by atoms with Crippen molar-refractivity contribution in [3.05, 3.63) is 40.7 Å². The van der Waals surface area contributed by atoms with Gasteiger partial charge in [0.2, 0.25) is 5.91 Å². The standard InChI is InChI=1S/C16H15FN4O2S/c1-8-11-7-14(24-16(11)21(3)20-8)15(23)19-10-4-5-12(17)13(6-10)18-9(2)22/h4-7H,1-3H3,(H,18,22)(H,19,23). The van der Waals surface area contributed by atoms with Gasteiger partial charge in [0.1, 0.15) is 10.6 Å². The van der Waals surface area contributed by atoms with Crippen molar-refractivity contribution in [1.82, 2.24) is 9.78 Å². The average molecular weight is 346 g/mol. The highest BCUT2D eigenvalue weighted by atomic mass is 32.1. The molecule has 0 saturated heterocycles. The third-order valence-corrected chi connectivity index (χ3v) is 4.66. The largest absolute Gasteiger partial charge is 0.324 e. The van der Waals surface area contributed by atoms with Crippen molar-refractivity contribution in [2.24, 2.45) is 7.05 Å². The monoisotopic (exact) mass is 346 g/mol. The lowest BCUT2D eigenvalue weighted by atomic mass is 10.2. The van der Waals surface area contributed by atoms with Crippen LogP contribution < -0.4 is 10.6 Å². The van der Waals surface area contributed by atoms with Crippen LogP contribution in [0.1, 0.15) is 22.3 Å². The van der Waals surface area contributed by atoms with Crippen LogP contribution in [0.15, 0.2) is 24.3 Å². The van der Waals surface area contributed by atoms with E-state index in [1.165, 1.54) is 36.5 Å². The summed E-state index contributed by atoms with van der Waals surface area (Å²) in [5.74, 6) is -1.24. The van der Waals surface area contributed by atoms with Crippen LogP contribution in [0.2, 0.25) is 0 Å². The molecule has 8 heteroatoms. The summed E-state index contributed by atoms with van der Waals surface area (Å²) in [6, 6.07) is 5.81. The summed E-state index contributed by atoms with van der Waals surface area (Å²) in [6.45, 7) is 3.18. The summed E-state index contributed by atoms with van der Waals surface area (Å²) in [5, 5.41) is 10.3. The molecule has 0 radical (unpaired) electrons. The van der Waals surface area contributed by atoms with E-state index in [0.29, 0.717) is 10.6 Å². The Labute approximate surface area is 141 Å². The number of aromatic nitrogens is 2. The molecule has 2 amide bonds. The summed E-state index contributed by atoms with van der Waals surface area (Å²) in [5.41, 5.74) is 1.28.